The van der Waals surface area contributed by atoms with Gasteiger partial charge in [-0.1, -0.05) is 24.6 Å². The van der Waals surface area contributed by atoms with Gasteiger partial charge in [-0.25, -0.2) is 8.78 Å². The second kappa shape index (κ2) is 8.97. The Morgan fingerprint density at radius 3 is 2.89 bits per heavy atom. The van der Waals surface area contributed by atoms with Crippen LogP contribution in [0.1, 0.15) is 49.6 Å². The standard InChI is InChI=1S/C21H24ClF2N3O/c1-2-15-3-5-17(26-12-15)13-25-14-21(24)7-9-27(10-8-21)20(28)16-4-6-19(23)18(22)11-16/h3-6,11-12,25H,2,7-10,13-14H2,1H3/i2D2,9D2,14D2. The smallest absolute Gasteiger partial charge is 0.253 e. The van der Waals surface area contributed by atoms with Crippen LogP contribution >= 0.6 is 11.6 Å². The summed E-state index contributed by atoms with van der Waals surface area (Å²) in [4.78, 5) is 17.7. The molecule has 0 bridgehead atoms. The lowest BCUT2D eigenvalue weighted by Gasteiger charge is -2.36. The van der Waals surface area contributed by atoms with Crippen LogP contribution in [0.3, 0.4) is 0 Å². The van der Waals surface area contributed by atoms with Gasteiger partial charge < -0.3 is 10.2 Å². The number of piperidine rings is 1. The first-order valence-electron chi connectivity index (χ1n) is 11.7. The molecule has 3 rings (SSSR count). The van der Waals surface area contributed by atoms with Crippen LogP contribution in [0.4, 0.5) is 8.78 Å². The Hall–Kier alpha value is -2.05. The third-order valence-corrected chi connectivity index (χ3v) is 4.68. The molecule has 28 heavy (non-hydrogen) atoms. The topological polar surface area (TPSA) is 45.2 Å². The van der Waals surface area contributed by atoms with Crippen LogP contribution in [0.2, 0.25) is 5.02 Å². The minimum absolute atomic E-state index is 0.0613. The van der Waals surface area contributed by atoms with E-state index in [4.69, 9.17) is 19.8 Å². The molecule has 0 saturated carbocycles. The second-order valence-corrected chi connectivity index (χ2v) is 6.81. The molecule has 0 radical (unpaired) electrons. The molecule has 1 aliphatic rings. The monoisotopic (exact) mass is 413 g/mol. The number of nitrogens with one attached hydrogen (secondary N) is 1. The lowest BCUT2D eigenvalue weighted by molar-refractivity contribution is 0.0434. The van der Waals surface area contributed by atoms with Crippen molar-refractivity contribution in [2.45, 2.75) is 38.4 Å². The Balaban J connectivity index is 1.71. The van der Waals surface area contributed by atoms with E-state index in [-0.39, 0.29) is 17.1 Å². The maximum Gasteiger partial charge on any atom is 0.253 e. The maximum atomic E-state index is 15.8. The normalized spacial score (nSPS) is 25.6. The minimum Gasteiger partial charge on any atom is -0.338 e. The number of nitrogens with zero attached hydrogens (tertiary/aromatic N) is 2. The number of carbonyl (C=O) groups excluding carboxylic acids is 1. The van der Waals surface area contributed by atoms with E-state index in [1.54, 1.807) is 0 Å². The van der Waals surface area contributed by atoms with Gasteiger partial charge in [0.1, 0.15) is 11.5 Å². The molecule has 1 aliphatic heterocycles. The first-order valence-corrected chi connectivity index (χ1v) is 9.10. The number of halogens is 3. The quantitative estimate of drug-likeness (QED) is 0.773. The van der Waals surface area contributed by atoms with E-state index in [1.807, 2.05) is 0 Å². The van der Waals surface area contributed by atoms with Crippen molar-refractivity contribution in [1.82, 2.24) is 15.2 Å². The van der Waals surface area contributed by atoms with Gasteiger partial charge in [0, 0.05) is 58.9 Å². The van der Waals surface area contributed by atoms with Gasteiger partial charge in [-0.15, -0.1) is 0 Å². The van der Waals surface area contributed by atoms with Crippen molar-refractivity contribution in [2.24, 2.45) is 0 Å². The summed E-state index contributed by atoms with van der Waals surface area (Å²) in [7, 11) is 0. The number of alkyl halides is 1. The number of pyridine rings is 1. The zero-order valence-corrected chi connectivity index (χ0v) is 16.0. The summed E-state index contributed by atoms with van der Waals surface area (Å²) in [5, 5.41) is 2.14. The van der Waals surface area contributed by atoms with E-state index in [0.29, 0.717) is 11.3 Å². The molecule has 1 amide bonds. The van der Waals surface area contributed by atoms with Crippen LogP contribution < -0.4 is 5.32 Å². The molecule has 2 aromatic rings. The number of benzene rings is 1. The van der Waals surface area contributed by atoms with Gasteiger partial charge in [0.2, 0.25) is 0 Å². The first-order chi connectivity index (χ1) is 15.6. The number of hydrogen-bond donors (Lipinski definition) is 1. The van der Waals surface area contributed by atoms with E-state index in [9.17, 15) is 9.18 Å². The predicted molar refractivity (Wildman–Crippen MR) is 106 cm³/mol. The van der Waals surface area contributed by atoms with Crippen LogP contribution in [0, 0.1) is 5.82 Å². The van der Waals surface area contributed by atoms with Crippen molar-refractivity contribution in [2.75, 3.05) is 19.5 Å². The highest BCUT2D eigenvalue weighted by molar-refractivity contribution is 6.31. The zero-order chi connectivity index (χ0) is 25.5. The Bertz CT molecular complexity index is 1070. The fraction of sp³-hybridized carbons (Fsp3) is 0.429. The van der Waals surface area contributed by atoms with Gasteiger partial charge in [-0.3, -0.25) is 9.78 Å². The van der Waals surface area contributed by atoms with Crippen molar-refractivity contribution >= 4 is 17.5 Å². The van der Waals surface area contributed by atoms with Crippen molar-refractivity contribution in [3.05, 3.63) is 64.2 Å². The Morgan fingerprint density at radius 2 is 2.25 bits per heavy atom. The van der Waals surface area contributed by atoms with E-state index in [1.165, 1.54) is 25.3 Å². The SMILES string of the molecule is [2H]C([2H])(C)c1ccc(CNC([2H])([2H])C2(F)CCN(C(=O)c3ccc(F)c(Cl)c3)C([2H])([2H])C2)nc1. The third-order valence-electron chi connectivity index (χ3n) is 4.39. The molecule has 1 aromatic carbocycles. The number of likely N-dealkylation sites (tertiary alicyclic amines) is 1. The summed E-state index contributed by atoms with van der Waals surface area (Å²) < 4.78 is 77.5. The van der Waals surface area contributed by atoms with Crippen LogP contribution in [0.15, 0.2) is 36.5 Å². The summed E-state index contributed by atoms with van der Waals surface area (Å²) >= 11 is 5.71. The molecule has 1 fully saturated rings. The zero-order valence-electron chi connectivity index (χ0n) is 21.2. The highest BCUT2D eigenvalue weighted by Gasteiger charge is 2.35. The van der Waals surface area contributed by atoms with E-state index in [2.05, 4.69) is 10.3 Å². The number of amides is 1. The molecular formula is C21H24ClF2N3O. The summed E-state index contributed by atoms with van der Waals surface area (Å²) in [5.41, 5.74) is -2.01. The van der Waals surface area contributed by atoms with Gasteiger partial charge in [0.25, 0.3) is 5.91 Å². The number of aromatic nitrogens is 1. The summed E-state index contributed by atoms with van der Waals surface area (Å²) in [6.07, 6.45) is -1.67. The van der Waals surface area contributed by atoms with Crippen LogP contribution in [0.25, 0.3) is 0 Å². The molecule has 0 aliphatic carbocycles. The molecule has 150 valence electrons. The molecule has 0 spiro atoms. The molecule has 2 heterocycles. The van der Waals surface area contributed by atoms with E-state index in [0.717, 1.165) is 23.1 Å². The lowest BCUT2D eigenvalue weighted by atomic mass is 9.92. The number of aryl methyl sites for hydroxylation is 1. The van der Waals surface area contributed by atoms with Crippen LogP contribution in [-0.2, 0) is 12.9 Å². The summed E-state index contributed by atoms with van der Waals surface area (Å²) in [6, 6.07) is 6.20. The number of hydrogen-bond acceptors (Lipinski definition) is 3. The average molecular weight is 414 g/mol. The molecule has 7 heteroatoms. The average Bonchev–Trinajstić information content (AvgIpc) is 2.73. The molecule has 1 N–H and O–H groups in total. The summed E-state index contributed by atoms with van der Waals surface area (Å²) in [6.45, 7) is -4.38. The Morgan fingerprint density at radius 1 is 1.43 bits per heavy atom. The van der Waals surface area contributed by atoms with Crippen molar-refractivity contribution in [3.63, 3.8) is 0 Å². The van der Waals surface area contributed by atoms with E-state index < -0.39 is 56.1 Å². The maximum absolute atomic E-state index is 15.8. The molecule has 1 atom stereocenters. The van der Waals surface area contributed by atoms with Crippen molar-refractivity contribution in [1.29, 1.82) is 0 Å². The molecule has 1 aromatic heterocycles. The largest absolute Gasteiger partial charge is 0.338 e. The van der Waals surface area contributed by atoms with E-state index >= 15 is 4.39 Å². The van der Waals surface area contributed by atoms with Crippen molar-refractivity contribution in [3.8, 4) is 0 Å². The molecule has 1 saturated heterocycles. The molecule has 4 nitrogen and oxygen atoms in total. The highest BCUT2D eigenvalue weighted by atomic mass is 35.5. The molecule has 1 unspecified atom stereocenters. The summed E-state index contributed by atoms with van der Waals surface area (Å²) in [5.74, 6) is -1.54. The number of rotatable bonds is 6. The predicted octanol–water partition coefficient (Wildman–Crippen LogP) is 4.17. The van der Waals surface area contributed by atoms with Gasteiger partial charge >= 0.3 is 0 Å². The lowest BCUT2D eigenvalue weighted by Crippen LogP contribution is -2.48. The Kier molecular flexibility index (Phi) is 4.49. The third kappa shape index (κ3) is 5.06. The minimum atomic E-state index is -2.66. The highest BCUT2D eigenvalue weighted by Crippen LogP contribution is 2.27. The fourth-order valence-corrected chi connectivity index (χ4v) is 2.89. The van der Waals surface area contributed by atoms with Gasteiger partial charge in [0.05, 0.1) is 10.7 Å². The molecular weight excluding hydrogens is 384 g/mol. The van der Waals surface area contributed by atoms with Gasteiger partial charge in [-0.2, -0.15) is 0 Å². The Labute approximate surface area is 177 Å². The second-order valence-electron chi connectivity index (χ2n) is 6.40. The van der Waals surface area contributed by atoms with Gasteiger partial charge in [-0.05, 0) is 36.2 Å². The van der Waals surface area contributed by atoms with Crippen LogP contribution in [-0.4, -0.2) is 41.0 Å². The number of carbonyl (C=O) groups is 1. The van der Waals surface area contributed by atoms with Gasteiger partial charge in [0.15, 0.2) is 0 Å². The van der Waals surface area contributed by atoms with Crippen LogP contribution in [0.5, 0.6) is 0 Å². The van der Waals surface area contributed by atoms with Crippen molar-refractivity contribution < 1.29 is 21.8 Å². The first kappa shape index (κ1) is 14.0. The fourth-order valence-electron chi connectivity index (χ4n) is 2.71.